The Kier molecular flexibility index (Phi) is 9.44. The maximum atomic E-state index is 13.1. The van der Waals surface area contributed by atoms with Crippen LogP contribution in [0.25, 0.3) is 0 Å². The van der Waals surface area contributed by atoms with Gasteiger partial charge in [0.15, 0.2) is 0 Å². The van der Waals surface area contributed by atoms with Gasteiger partial charge in [0.1, 0.15) is 18.5 Å². The largest absolute Gasteiger partial charge is 0.491 e. The van der Waals surface area contributed by atoms with Gasteiger partial charge in [-0.05, 0) is 56.6 Å². The molecular formula is C25H32BrN3O9S2. The van der Waals surface area contributed by atoms with E-state index in [2.05, 4.69) is 20.7 Å². The number of aliphatic hydroxyl groups excluding tert-OH is 1. The second kappa shape index (κ2) is 12.3. The van der Waals surface area contributed by atoms with Gasteiger partial charge in [-0.2, -0.15) is 4.31 Å². The number of nitrogens with zero attached hydrogens (tertiary/aromatic N) is 2. The summed E-state index contributed by atoms with van der Waals surface area (Å²) in [5.74, 6) is 0.213. The van der Waals surface area contributed by atoms with Crippen LogP contribution >= 0.6 is 15.9 Å². The summed E-state index contributed by atoms with van der Waals surface area (Å²) in [6, 6.07) is 11.7. The third kappa shape index (κ3) is 6.95. The first-order valence-electron chi connectivity index (χ1n) is 12.6. The number of carbonyl (C=O) groups is 1. The molecule has 2 fully saturated rings. The average molecular weight is 663 g/mol. The van der Waals surface area contributed by atoms with Gasteiger partial charge in [-0.1, -0.05) is 28.1 Å². The maximum Gasteiger partial charge on any atom is 0.407 e. The Bertz CT molecular complexity index is 1430. The van der Waals surface area contributed by atoms with Crippen LogP contribution in [0.4, 0.5) is 4.79 Å². The van der Waals surface area contributed by atoms with Crippen molar-refractivity contribution >= 4 is 42.1 Å². The molecule has 12 nitrogen and oxygen atoms in total. The number of amides is 1. The highest BCUT2D eigenvalue weighted by Gasteiger charge is 2.47. The Labute approximate surface area is 242 Å². The van der Waals surface area contributed by atoms with Crippen LogP contribution in [-0.4, -0.2) is 100.0 Å². The van der Waals surface area contributed by atoms with E-state index in [4.69, 9.17) is 9.47 Å². The molecule has 3 N–H and O–H groups in total. The number of sulfonamides is 2. The fourth-order valence-corrected chi connectivity index (χ4v) is 7.79. The van der Waals surface area contributed by atoms with Crippen molar-refractivity contribution in [1.82, 2.24) is 13.9 Å². The minimum absolute atomic E-state index is 0.00181. The summed E-state index contributed by atoms with van der Waals surface area (Å²) >= 11 is 3.30. The van der Waals surface area contributed by atoms with Crippen LogP contribution < -0.4 is 9.46 Å². The van der Waals surface area contributed by atoms with E-state index in [0.717, 1.165) is 4.90 Å². The fraction of sp³-hybridized carbons (Fsp3) is 0.480. The number of ether oxygens (including phenoxy) is 2. The number of rotatable bonds is 10. The van der Waals surface area contributed by atoms with Gasteiger partial charge in [0.2, 0.25) is 20.0 Å². The molecule has 220 valence electrons. The van der Waals surface area contributed by atoms with Crippen LogP contribution in [0.1, 0.15) is 19.3 Å². The Hall–Kier alpha value is -2.27. The van der Waals surface area contributed by atoms with Gasteiger partial charge in [-0.15, -0.1) is 0 Å². The van der Waals surface area contributed by atoms with E-state index in [1.54, 1.807) is 24.3 Å². The topological polar surface area (TPSA) is 163 Å². The van der Waals surface area contributed by atoms with Gasteiger partial charge in [-0.3, -0.25) is 0 Å². The first kappa shape index (κ1) is 30.7. The normalized spacial score (nSPS) is 20.3. The van der Waals surface area contributed by atoms with E-state index >= 15 is 0 Å². The van der Waals surface area contributed by atoms with Gasteiger partial charge in [0.25, 0.3) is 0 Å². The highest BCUT2D eigenvalue weighted by atomic mass is 79.9. The molecule has 0 bridgehead atoms. The van der Waals surface area contributed by atoms with Crippen molar-refractivity contribution in [1.29, 1.82) is 0 Å². The third-order valence-corrected chi connectivity index (χ3v) is 11.0. The number of hydrogen-bond acceptors (Lipinski definition) is 8. The number of nitrogens with one attached hydrogen (secondary N) is 1. The predicted molar refractivity (Wildman–Crippen MR) is 148 cm³/mol. The van der Waals surface area contributed by atoms with Crippen LogP contribution in [0.2, 0.25) is 0 Å². The molecule has 2 unspecified atom stereocenters. The smallest absolute Gasteiger partial charge is 0.407 e. The van der Waals surface area contributed by atoms with Gasteiger partial charge in [-0.25, -0.2) is 26.4 Å². The zero-order valence-electron chi connectivity index (χ0n) is 21.8. The van der Waals surface area contributed by atoms with Crippen LogP contribution in [0.5, 0.6) is 5.75 Å². The molecule has 2 aliphatic rings. The molecule has 2 atom stereocenters. The van der Waals surface area contributed by atoms with Crippen LogP contribution in [0.15, 0.2) is 62.8 Å². The first-order valence-corrected chi connectivity index (χ1v) is 16.3. The SMILES string of the molecule is CNS(=O)(=O)c1cccc(OCC(O)CN(C(=O)O)C2COC3(CCN(S(=O)(=O)c4cccc(Br)c4)CC3)C2)c1. The van der Waals surface area contributed by atoms with Crippen molar-refractivity contribution in [3.05, 3.63) is 53.0 Å². The Morgan fingerprint density at radius 1 is 1.18 bits per heavy atom. The summed E-state index contributed by atoms with van der Waals surface area (Å²) in [6.45, 7) is 0.119. The third-order valence-electron chi connectivity index (χ3n) is 7.18. The van der Waals surface area contributed by atoms with Crippen LogP contribution in [0, 0.1) is 0 Å². The van der Waals surface area contributed by atoms with Gasteiger partial charge in [0.05, 0.1) is 34.6 Å². The summed E-state index contributed by atoms with van der Waals surface area (Å²) in [4.78, 5) is 13.4. The molecule has 2 aromatic carbocycles. The number of benzene rings is 2. The van der Waals surface area contributed by atoms with Crippen molar-refractivity contribution in [2.75, 3.05) is 39.9 Å². The zero-order chi connectivity index (χ0) is 29.1. The lowest BCUT2D eigenvalue weighted by molar-refractivity contribution is -0.0319. The zero-order valence-corrected chi connectivity index (χ0v) is 25.0. The number of piperidine rings is 1. The van der Waals surface area contributed by atoms with Crippen molar-refractivity contribution in [2.24, 2.45) is 0 Å². The summed E-state index contributed by atoms with van der Waals surface area (Å²) in [6.07, 6.45) is -1.19. The minimum atomic E-state index is -3.67. The lowest BCUT2D eigenvalue weighted by atomic mass is 9.88. The maximum absolute atomic E-state index is 13.1. The molecule has 0 saturated carbocycles. The van der Waals surface area contributed by atoms with E-state index in [0.29, 0.717) is 23.7 Å². The lowest BCUT2D eigenvalue weighted by Gasteiger charge is -2.38. The number of halogens is 1. The van der Waals surface area contributed by atoms with Gasteiger partial charge < -0.3 is 24.6 Å². The second-order valence-electron chi connectivity index (χ2n) is 9.80. The standard InChI is InChI=1S/C25H32BrN3O9S2/c1-27-39(33,34)22-6-3-5-21(13-22)37-17-20(30)15-29(24(31)32)19-14-25(38-16-19)8-10-28(11-9-25)40(35,36)23-7-2-4-18(26)12-23/h2-7,12-13,19-20,27,30H,8-11,14-17H2,1H3,(H,31,32). The quantitative estimate of drug-likeness (QED) is 0.346. The molecule has 15 heteroatoms. The van der Waals surface area contributed by atoms with Crippen molar-refractivity contribution in [2.45, 2.75) is 46.8 Å². The van der Waals surface area contributed by atoms with E-state index in [1.807, 2.05) is 0 Å². The highest BCUT2D eigenvalue weighted by Crippen LogP contribution is 2.39. The number of hydrogen-bond donors (Lipinski definition) is 3. The predicted octanol–water partition coefficient (Wildman–Crippen LogP) is 2.09. The Morgan fingerprint density at radius 2 is 1.85 bits per heavy atom. The molecule has 1 spiro atoms. The number of aliphatic hydroxyl groups is 1. The first-order chi connectivity index (χ1) is 18.8. The molecule has 2 aromatic rings. The summed E-state index contributed by atoms with van der Waals surface area (Å²) in [5, 5.41) is 20.4. The van der Waals surface area contributed by atoms with Crippen molar-refractivity contribution in [3.63, 3.8) is 0 Å². The minimum Gasteiger partial charge on any atom is -0.491 e. The molecule has 40 heavy (non-hydrogen) atoms. The lowest BCUT2D eigenvalue weighted by Crippen LogP contribution is -2.48. The molecule has 2 aliphatic heterocycles. The fourth-order valence-electron chi connectivity index (χ4n) is 4.98. The summed E-state index contributed by atoms with van der Waals surface area (Å²) < 4.78 is 66.0. The Balaban J connectivity index is 1.33. The molecule has 2 heterocycles. The van der Waals surface area contributed by atoms with Crippen molar-refractivity contribution in [3.8, 4) is 5.75 Å². The van der Waals surface area contributed by atoms with E-state index in [1.165, 1.54) is 35.6 Å². The average Bonchev–Trinajstić information content (AvgIpc) is 3.33. The number of carboxylic acid groups (broad SMARTS) is 1. The second-order valence-corrected chi connectivity index (χ2v) is 14.5. The molecule has 0 aromatic heterocycles. The molecular weight excluding hydrogens is 630 g/mol. The van der Waals surface area contributed by atoms with Crippen molar-refractivity contribution < 1.29 is 41.3 Å². The molecule has 1 amide bonds. The van der Waals surface area contributed by atoms with E-state index in [-0.39, 0.29) is 48.4 Å². The molecule has 2 saturated heterocycles. The molecule has 0 radical (unpaired) electrons. The monoisotopic (exact) mass is 661 g/mol. The van der Waals surface area contributed by atoms with Crippen LogP contribution in [-0.2, 0) is 24.8 Å². The van der Waals surface area contributed by atoms with Crippen LogP contribution in [0.3, 0.4) is 0 Å². The Morgan fingerprint density at radius 3 is 2.50 bits per heavy atom. The summed E-state index contributed by atoms with van der Waals surface area (Å²) in [5.41, 5.74) is -0.650. The van der Waals surface area contributed by atoms with Gasteiger partial charge in [0, 0.05) is 23.6 Å². The van der Waals surface area contributed by atoms with Gasteiger partial charge >= 0.3 is 6.09 Å². The summed E-state index contributed by atoms with van der Waals surface area (Å²) in [7, 11) is -6.05. The van der Waals surface area contributed by atoms with E-state index < -0.39 is 43.9 Å². The van der Waals surface area contributed by atoms with E-state index in [9.17, 15) is 31.8 Å². The molecule has 4 rings (SSSR count). The highest BCUT2D eigenvalue weighted by molar-refractivity contribution is 9.10. The molecule has 0 aliphatic carbocycles.